The standard InChI is InChI=1S/C18H19NO4S2/c1-12-7-13(2)9-17(8-12)25(22,23)19-16-6-4-5-15(10-16)18(21)11-24-14(3)20/h4-10,19H,11H2,1-3H3. The van der Waals surface area contributed by atoms with E-state index in [1.807, 2.05) is 19.9 Å². The molecule has 0 heterocycles. The molecule has 0 atom stereocenters. The van der Waals surface area contributed by atoms with Crippen molar-refractivity contribution in [1.82, 2.24) is 0 Å². The number of rotatable bonds is 6. The molecule has 0 bridgehead atoms. The molecule has 0 aliphatic heterocycles. The summed E-state index contributed by atoms with van der Waals surface area (Å²) in [7, 11) is -3.75. The lowest BCUT2D eigenvalue weighted by Gasteiger charge is -2.10. The number of carbonyl (C=O) groups excluding carboxylic acids is 2. The van der Waals surface area contributed by atoms with Gasteiger partial charge in [0.25, 0.3) is 10.0 Å². The molecule has 25 heavy (non-hydrogen) atoms. The van der Waals surface area contributed by atoms with E-state index in [-0.39, 0.29) is 21.5 Å². The summed E-state index contributed by atoms with van der Waals surface area (Å²) in [4.78, 5) is 23.2. The van der Waals surface area contributed by atoms with Gasteiger partial charge in [-0.3, -0.25) is 14.3 Å². The highest BCUT2D eigenvalue weighted by Crippen LogP contribution is 2.20. The second-order valence-corrected chi connectivity index (χ2v) is 8.55. The molecule has 2 aromatic rings. The lowest BCUT2D eigenvalue weighted by atomic mass is 10.1. The molecule has 0 radical (unpaired) electrons. The number of nitrogens with one attached hydrogen (secondary N) is 1. The lowest BCUT2D eigenvalue weighted by Crippen LogP contribution is -2.14. The summed E-state index contributed by atoms with van der Waals surface area (Å²) in [6, 6.07) is 11.3. The molecule has 2 rings (SSSR count). The predicted molar refractivity (Wildman–Crippen MR) is 101 cm³/mol. The van der Waals surface area contributed by atoms with Gasteiger partial charge < -0.3 is 0 Å². The van der Waals surface area contributed by atoms with E-state index >= 15 is 0 Å². The van der Waals surface area contributed by atoms with Gasteiger partial charge in [0.2, 0.25) is 0 Å². The second kappa shape index (κ2) is 7.84. The van der Waals surface area contributed by atoms with Crippen molar-refractivity contribution in [3.05, 3.63) is 59.2 Å². The zero-order valence-electron chi connectivity index (χ0n) is 14.2. The van der Waals surface area contributed by atoms with E-state index in [0.717, 1.165) is 22.9 Å². The Bertz CT molecular complexity index is 900. The maximum Gasteiger partial charge on any atom is 0.261 e. The number of aryl methyl sites for hydroxylation is 2. The van der Waals surface area contributed by atoms with Crippen molar-refractivity contribution in [3.63, 3.8) is 0 Å². The van der Waals surface area contributed by atoms with Crippen molar-refractivity contribution in [3.8, 4) is 0 Å². The molecule has 0 saturated heterocycles. The van der Waals surface area contributed by atoms with Gasteiger partial charge in [0.1, 0.15) is 0 Å². The average Bonchev–Trinajstić information content (AvgIpc) is 2.51. The van der Waals surface area contributed by atoms with Crippen LogP contribution >= 0.6 is 11.8 Å². The number of hydrogen-bond donors (Lipinski definition) is 1. The molecule has 1 N–H and O–H groups in total. The van der Waals surface area contributed by atoms with Crippen molar-refractivity contribution in [2.45, 2.75) is 25.7 Å². The van der Waals surface area contributed by atoms with Crippen molar-refractivity contribution in [2.24, 2.45) is 0 Å². The Morgan fingerprint density at radius 3 is 2.28 bits per heavy atom. The van der Waals surface area contributed by atoms with Crippen LogP contribution in [0.4, 0.5) is 5.69 Å². The molecule has 7 heteroatoms. The Morgan fingerprint density at radius 1 is 1.04 bits per heavy atom. The Balaban J connectivity index is 2.23. The van der Waals surface area contributed by atoms with Crippen LogP contribution in [0.15, 0.2) is 47.4 Å². The van der Waals surface area contributed by atoms with Gasteiger partial charge >= 0.3 is 0 Å². The van der Waals surface area contributed by atoms with E-state index in [2.05, 4.69) is 4.72 Å². The number of ketones is 1. The predicted octanol–water partition coefficient (Wildman–Crippen LogP) is 3.57. The zero-order valence-corrected chi connectivity index (χ0v) is 15.8. The van der Waals surface area contributed by atoms with Crippen molar-refractivity contribution < 1.29 is 18.0 Å². The molecule has 0 saturated carbocycles. The van der Waals surface area contributed by atoms with Crippen LogP contribution in [0, 0.1) is 13.8 Å². The Kier molecular flexibility index (Phi) is 6.02. The first-order valence-electron chi connectivity index (χ1n) is 7.55. The summed E-state index contributed by atoms with van der Waals surface area (Å²) < 4.78 is 27.6. The molecule has 0 spiro atoms. The molecule has 5 nitrogen and oxygen atoms in total. The number of thioether (sulfide) groups is 1. The first-order chi connectivity index (χ1) is 11.7. The van der Waals surface area contributed by atoms with Gasteiger partial charge in [-0.25, -0.2) is 8.42 Å². The van der Waals surface area contributed by atoms with Crippen LogP contribution in [0.1, 0.15) is 28.4 Å². The fraction of sp³-hybridized carbons (Fsp3) is 0.222. The van der Waals surface area contributed by atoms with Crippen molar-refractivity contribution in [2.75, 3.05) is 10.5 Å². The number of sulfonamides is 1. The van der Waals surface area contributed by atoms with Crippen LogP contribution in [-0.4, -0.2) is 25.1 Å². The number of carbonyl (C=O) groups is 2. The maximum atomic E-state index is 12.6. The third-order valence-electron chi connectivity index (χ3n) is 3.35. The second-order valence-electron chi connectivity index (χ2n) is 5.71. The van der Waals surface area contributed by atoms with Gasteiger partial charge in [0.05, 0.1) is 10.6 Å². The first-order valence-corrected chi connectivity index (χ1v) is 10.0. The van der Waals surface area contributed by atoms with Gasteiger partial charge in [0.15, 0.2) is 10.9 Å². The van der Waals surface area contributed by atoms with Crippen LogP contribution in [0.3, 0.4) is 0 Å². The van der Waals surface area contributed by atoms with Crippen LogP contribution < -0.4 is 4.72 Å². The number of anilines is 1. The van der Waals surface area contributed by atoms with Gasteiger partial charge in [0, 0.05) is 18.2 Å². The minimum atomic E-state index is -3.75. The monoisotopic (exact) mass is 377 g/mol. The van der Waals surface area contributed by atoms with Crippen molar-refractivity contribution >= 4 is 38.4 Å². The highest BCUT2D eigenvalue weighted by molar-refractivity contribution is 8.14. The van der Waals surface area contributed by atoms with Crippen LogP contribution in [0.25, 0.3) is 0 Å². The minimum Gasteiger partial charge on any atom is -0.293 e. The summed E-state index contributed by atoms with van der Waals surface area (Å²) in [5.74, 6) is -0.199. The minimum absolute atomic E-state index is 0.0304. The largest absolute Gasteiger partial charge is 0.293 e. The van der Waals surface area contributed by atoms with E-state index in [1.54, 1.807) is 30.3 Å². The van der Waals surface area contributed by atoms with E-state index in [0.29, 0.717) is 11.3 Å². The third-order valence-corrected chi connectivity index (χ3v) is 5.52. The topological polar surface area (TPSA) is 80.3 Å². The highest BCUT2D eigenvalue weighted by Gasteiger charge is 2.16. The summed E-state index contributed by atoms with van der Waals surface area (Å²) in [5.41, 5.74) is 2.36. The van der Waals surface area contributed by atoms with Crippen LogP contribution in [-0.2, 0) is 14.8 Å². The maximum absolute atomic E-state index is 12.6. The Morgan fingerprint density at radius 2 is 1.68 bits per heavy atom. The van der Waals surface area contributed by atoms with E-state index in [1.165, 1.54) is 13.0 Å². The molecule has 2 aromatic carbocycles. The van der Waals surface area contributed by atoms with Crippen molar-refractivity contribution in [1.29, 1.82) is 0 Å². The molecular weight excluding hydrogens is 358 g/mol. The van der Waals surface area contributed by atoms with E-state index in [4.69, 9.17) is 0 Å². The normalized spacial score (nSPS) is 11.2. The molecule has 0 aromatic heterocycles. The number of benzene rings is 2. The summed E-state index contributed by atoms with van der Waals surface area (Å²) in [6.07, 6.45) is 0. The average molecular weight is 377 g/mol. The highest BCUT2D eigenvalue weighted by atomic mass is 32.2. The molecule has 0 aliphatic rings. The Labute approximate surface area is 151 Å². The van der Waals surface area contributed by atoms with Gasteiger partial charge in [-0.1, -0.05) is 30.0 Å². The molecule has 0 amide bonds. The lowest BCUT2D eigenvalue weighted by molar-refractivity contribution is -0.109. The summed E-state index contributed by atoms with van der Waals surface area (Å²) in [5, 5.41) is -0.139. The molecule has 0 aliphatic carbocycles. The van der Waals surface area contributed by atoms with Gasteiger partial charge in [-0.15, -0.1) is 0 Å². The third kappa shape index (κ3) is 5.44. The van der Waals surface area contributed by atoms with E-state index < -0.39 is 10.0 Å². The number of Topliss-reactive ketones (excluding diaryl/α,β-unsaturated/α-hetero) is 1. The van der Waals surface area contributed by atoms with Gasteiger partial charge in [-0.2, -0.15) is 0 Å². The fourth-order valence-corrected chi connectivity index (χ4v) is 4.05. The van der Waals surface area contributed by atoms with Crippen LogP contribution in [0.5, 0.6) is 0 Å². The summed E-state index contributed by atoms with van der Waals surface area (Å²) >= 11 is 0.926. The fourth-order valence-electron chi connectivity index (χ4n) is 2.31. The smallest absolute Gasteiger partial charge is 0.261 e. The van der Waals surface area contributed by atoms with Gasteiger partial charge in [-0.05, 0) is 49.2 Å². The molecular formula is C18H19NO4S2. The molecule has 132 valence electrons. The Hall–Kier alpha value is -2.12. The van der Waals surface area contributed by atoms with Crippen LogP contribution in [0.2, 0.25) is 0 Å². The SMILES string of the molecule is CC(=O)SCC(=O)c1cccc(NS(=O)(=O)c2cc(C)cc(C)c2)c1. The zero-order chi connectivity index (χ0) is 18.6. The number of hydrogen-bond acceptors (Lipinski definition) is 5. The molecule has 0 fully saturated rings. The van der Waals surface area contributed by atoms with E-state index in [9.17, 15) is 18.0 Å². The molecule has 0 unspecified atom stereocenters. The first kappa shape index (κ1) is 19.2. The quantitative estimate of drug-likeness (QED) is 0.779. The summed E-state index contributed by atoms with van der Waals surface area (Å²) in [6.45, 7) is 5.06.